The van der Waals surface area contributed by atoms with Crippen molar-refractivity contribution in [2.24, 2.45) is 5.92 Å². The first-order chi connectivity index (χ1) is 13.5. The number of hydrogen-bond acceptors (Lipinski definition) is 3. The van der Waals surface area contributed by atoms with E-state index < -0.39 is 0 Å². The predicted octanol–water partition coefficient (Wildman–Crippen LogP) is 2.61. The summed E-state index contributed by atoms with van der Waals surface area (Å²) in [6, 6.07) is 10.2. The third kappa shape index (κ3) is 3.68. The molecule has 2 aromatic rings. The zero-order valence-corrected chi connectivity index (χ0v) is 16.6. The number of nitrogens with one attached hydrogen (secondary N) is 1. The van der Waals surface area contributed by atoms with Gasteiger partial charge in [-0.25, -0.2) is 0 Å². The lowest BCUT2D eigenvalue weighted by Crippen LogP contribution is -2.47. The maximum Gasteiger partial charge on any atom is 0.228 e. The molecule has 148 valence electrons. The van der Waals surface area contributed by atoms with E-state index in [0.29, 0.717) is 32.5 Å². The van der Waals surface area contributed by atoms with Crippen LogP contribution in [0.15, 0.2) is 30.3 Å². The number of aromatic nitrogens is 2. The molecule has 28 heavy (non-hydrogen) atoms. The average molecular weight is 380 g/mol. The van der Waals surface area contributed by atoms with Gasteiger partial charge in [-0.15, -0.1) is 0 Å². The highest BCUT2D eigenvalue weighted by molar-refractivity contribution is 5.83. The molecule has 0 radical (unpaired) electrons. The summed E-state index contributed by atoms with van der Waals surface area (Å²) in [7, 11) is 0. The molecule has 0 unspecified atom stereocenters. The minimum absolute atomic E-state index is 0.0659. The Hall–Kier alpha value is -2.63. The van der Waals surface area contributed by atoms with E-state index in [0.717, 1.165) is 35.4 Å². The first-order valence-electron chi connectivity index (χ1n) is 10.2. The molecule has 1 N–H and O–H groups in total. The number of carbonyl (C=O) groups excluding carboxylic acids is 2. The van der Waals surface area contributed by atoms with Crippen LogP contribution in [0.2, 0.25) is 0 Å². The van der Waals surface area contributed by atoms with E-state index >= 15 is 0 Å². The zero-order valence-electron chi connectivity index (χ0n) is 16.6. The monoisotopic (exact) mass is 380 g/mol. The second kappa shape index (κ2) is 7.78. The van der Waals surface area contributed by atoms with Crippen LogP contribution in [0.25, 0.3) is 0 Å². The summed E-state index contributed by atoms with van der Waals surface area (Å²) < 4.78 is 0. The minimum atomic E-state index is -0.0659. The molecule has 1 aromatic heterocycles. The molecule has 6 nitrogen and oxygen atoms in total. The lowest BCUT2D eigenvalue weighted by Gasteiger charge is -2.36. The Morgan fingerprint density at radius 2 is 1.96 bits per heavy atom. The number of benzene rings is 1. The molecule has 5 rings (SSSR count). The second-order valence-corrected chi connectivity index (χ2v) is 8.09. The smallest absolute Gasteiger partial charge is 0.228 e. The largest absolute Gasteiger partial charge is 0.340 e. The standard InChI is InChI=1S/C22H28N4O2/c1-15-20(16(2)24-23-15)10-11-21(27)25-13-18-8-9-19(14-25)26(22(18)28)12-17-6-4-3-5-7-17/h3-7,18-19H,8-14H2,1-2H3,(H,23,24)/t18-,19+/m0/s1. The van der Waals surface area contributed by atoms with Crippen LogP contribution in [0, 0.1) is 19.8 Å². The van der Waals surface area contributed by atoms with Gasteiger partial charge in [-0.1, -0.05) is 30.3 Å². The van der Waals surface area contributed by atoms with Crippen molar-refractivity contribution in [1.82, 2.24) is 20.0 Å². The molecule has 6 heteroatoms. The maximum absolute atomic E-state index is 13.0. The van der Waals surface area contributed by atoms with Gasteiger partial charge in [0.2, 0.25) is 11.8 Å². The fourth-order valence-electron chi connectivity index (χ4n) is 4.56. The SMILES string of the molecule is Cc1n[nH]c(C)c1CCC(=O)N1C[C@@H]2CC[C@H](C1)N(Cc1ccccc1)C2=O. The van der Waals surface area contributed by atoms with Crippen molar-refractivity contribution < 1.29 is 9.59 Å². The van der Waals surface area contributed by atoms with Crippen molar-refractivity contribution in [2.75, 3.05) is 13.1 Å². The summed E-state index contributed by atoms with van der Waals surface area (Å²) in [5.41, 5.74) is 4.27. The van der Waals surface area contributed by atoms with Gasteiger partial charge in [0, 0.05) is 37.8 Å². The molecule has 1 aromatic carbocycles. The lowest BCUT2D eigenvalue weighted by molar-refractivity contribution is -0.140. The third-order valence-corrected chi connectivity index (χ3v) is 6.21. The fraction of sp³-hybridized carbons (Fsp3) is 0.500. The quantitative estimate of drug-likeness (QED) is 0.867. The second-order valence-electron chi connectivity index (χ2n) is 8.09. The molecule has 3 aliphatic heterocycles. The number of aromatic amines is 1. The predicted molar refractivity (Wildman–Crippen MR) is 106 cm³/mol. The Morgan fingerprint density at radius 3 is 2.68 bits per heavy atom. The Bertz CT molecular complexity index is 841. The summed E-state index contributed by atoms with van der Waals surface area (Å²) >= 11 is 0. The van der Waals surface area contributed by atoms with Crippen molar-refractivity contribution in [2.45, 2.75) is 52.1 Å². The minimum Gasteiger partial charge on any atom is -0.340 e. The van der Waals surface area contributed by atoms with E-state index in [4.69, 9.17) is 0 Å². The third-order valence-electron chi connectivity index (χ3n) is 6.21. The fourth-order valence-corrected chi connectivity index (χ4v) is 4.56. The van der Waals surface area contributed by atoms with Gasteiger partial charge < -0.3 is 9.80 Å². The molecule has 3 fully saturated rings. The molecule has 2 bridgehead atoms. The van der Waals surface area contributed by atoms with Crippen LogP contribution in [0.3, 0.4) is 0 Å². The molecular formula is C22H28N4O2. The topological polar surface area (TPSA) is 69.3 Å². The van der Waals surface area contributed by atoms with E-state index in [2.05, 4.69) is 22.3 Å². The lowest BCUT2D eigenvalue weighted by atomic mass is 9.93. The Morgan fingerprint density at radius 1 is 1.18 bits per heavy atom. The Labute approximate surface area is 165 Å². The summed E-state index contributed by atoms with van der Waals surface area (Å²) in [4.78, 5) is 29.8. The number of hydrogen-bond donors (Lipinski definition) is 1. The van der Waals surface area contributed by atoms with Gasteiger partial charge in [-0.3, -0.25) is 14.7 Å². The number of piperidine rings is 1. The number of H-pyrrole nitrogens is 1. The number of carbonyl (C=O) groups is 2. The van der Waals surface area contributed by atoms with E-state index in [1.165, 1.54) is 0 Å². The van der Waals surface area contributed by atoms with Crippen molar-refractivity contribution in [3.05, 3.63) is 52.8 Å². The highest BCUT2D eigenvalue weighted by Gasteiger charge is 2.41. The van der Waals surface area contributed by atoms with Gasteiger partial charge in [0.1, 0.15) is 0 Å². The van der Waals surface area contributed by atoms with Crippen molar-refractivity contribution in [1.29, 1.82) is 0 Å². The molecule has 0 saturated carbocycles. The van der Waals surface area contributed by atoms with E-state index in [-0.39, 0.29) is 23.8 Å². The molecular weight excluding hydrogens is 352 g/mol. The normalized spacial score (nSPS) is 21.9. The van der Waals surface area contributed by atoms with Crippen LogP contribution in [-0.2, 0) is 22.6 Å². The van der Waals surface area contributed by atoms with Gasteiger partial charge in [-0.05, 0) is 44.2 Å². The summed E-state index contributed by atoms with van der Waals surface area (Å²) in [5.74, 6) is 0.284. The van der Waals surface area contributed by atoms with Gasteiger partial charge in [0.05, 0.1) is 11.6 Å². The van der Waals surface area contributed by atoms with Crippen LogP contribution in [0.4, 0.5) is 0 Å². The summed E-state index contributed by atoms with van der Waals surface area (Å²) in [6.45, 7) is 5.80. The zero-order chi connectivity index (χ0) is 19.7. The van der Waals surface area contributed by atoms with Crippen LogP contribution >= 0.6 is 0 Å². The Kier molecular flexibility index (Phi) is 5.20. The summed E-state index contributed by atoms with van der Waals surface area (Å²) in [5, 5.41) is 7.20. The van der Waals surface area contributed by atoms with Crippen LogP contribution in [-0.4, -0.2) is 50.9 Å². The number of nitrogens with zero attached hydrogens (tertiary/aromatic N) is 3. The van der Waals surface area contributed by atoms with Gasteiger partial charge in [0.15, 0.2) is 0 Å². The van der Waals surface area contributed by atoms with Crippen molar-refractivity contribution in [3.8, 4) is 0 Å². The molecule has 2 amide bonds. The van der Waals surface area contributed by atoms with Crippen LogP contribution < -0.4 is 0 Å². The van der Waals surface area contributed by atoms with Gasteiger partial charge >= 0.3 is 0 Å². The van der Waals surface area contributed by atoms with Crippen LogP contribution in [0.1, 0.15) is 41.8 Å². The van der Waals surface area contributed by atoms with Gasteiger partial charge in [-0.2, -0.15) is 5.10 Å². The number of amides is 2. The first-order valence-corrected chi connectivity index (χ1v) is 10.2. The van der Waals surface area contributed by atoms with E-state index in [1.807, 2.05) is 41.8 Å². The molecule has 0 spiro atoms. The Balaban J connectivity index is 1.43. The van der Waals surface area contributed by atoms with E-state index in [9.17, 15) is 9.59 Å². The highest BCUT2D eigenvalue weighted by Crippen LogP contribution is 2.31. The maximum atomic E-state index is 13.0. The molecule has 3 saturated heterocycles. The molecule has 4 heterocycles. The van der Waals surface area contributed by atoms with Crippen molar-refractivity contribution >= 4 is 11.8 Å². The average Bonchev–Trinajstić information content (AvgIpc) is 2.87. The molecule has 3 aliphatic rings. The van der Waals surface area contributed by atoms with Gasteiger partial charge in [0.25, 0.3) is 0 Å². The molecule has 2 atom stereocenters. The summed E-state index contributed by atoms with van der Waals surface area (Å²) in [6.07, 6.45) is 3.03. The number of fused-ring (bicyclic) bond motifs is 4. The highest BCUT2D eigenvalue weighted by atomic mass is 16.2. The number of aryl methyl sites for hydroxylation is 2. The van der Waals surface area contributed by atoms with Crippen LogP contribution in [0.5, 0.6) is 0 Å². The van der Waals surface area contributed by atoms with Crippen molar-refractivity contribution in [3.63, 3.8) is 0 Å². The number of rotatable bonds is 5. The first kappa shape index (κ1) is 18.7. The molecule has 0 aliphatic carbocycles. The van der Waals surface area contributed by atoms with E-state index in [1.54, 1.807) is 0 Å².